The molecule has 1 heterocycles. The minimum atomic E-state index is -1.31. The Morgan fingerprint density at radius 3 is 2.40 bits per heavy atom. The zero-order chi connectivity index (χ0) is 18.6. The quantitative estimate of drug-likeness (QED) is 0.668. The lowest BCUT2D eigenvalue weighted by Crippen LogP contribution is -2.63. The third-order valence-electron chi connectivity index (χ3n) is 4.55. The highest BCUT2D eigenvalue weighted by atomic mass is 28.3. The second-order valence-electron chi connectivity index (χ2n) is 8.22. The Morgan fingerprint density at radius 1 is 1.20 bits per heavy atom. The lowest BCUT2D eigenvalue weighted by atomic mass is 9.81. The van der Waals surface area contributed by atoms with Crippen molar-refractivity contribution in [1.29, 1.82) is 0 Å². The van der Waals surface area contributed by atoms with E-state index in [0.717, 1.165) is 5.56 Å². The maximum Gasteiger partial charge on any atom is 0.171 e. The van der Waals surface area contributed by atoms with E-state index in [1.807, 2.05) is 30.3 Å². The van der Waals surface area contributed by atoms with Crippen molar-refractivity contribution >= 4 is 9.04 Å². The molecule has 1 aromatic carbocycles. The number of hydrogen-bond donors (Lipinski definition) is 3. The fraction of sp³-hybridized carbons (Fsp3) is 0.684. The van der Waals surface area contributed by atoms with Gasteiger partial charge in [0.25, 0.3) is 0 Å². The highest BCUT2D eigenvalue weighted by Gasteiger charge is 2.46. The first-order valence-electron chi connectivity index (χ1n) is 9.10. The molecular weight excluding hydrogens is 334 g/mol. The van der Waals surface area contributed by atoms with E-state index in [1.54, 1.807) is 0 Å². The lowest BCUT2D eigenvalue weighted by molar-refractivity contribution is -0.193. The van der Waals surface area contributed by atoms with Crippen LogP contribution < -0.4 is 5.32 Å². The van der Waals surface area contributed by atoms with Crippen molar-refractivity contribution in [3.8, 4) is 0 Å². The Bertz CT molecular complexity index is 520. The largest absolute Gasteiger partial charge is 0.414 e. The third kappa shape index (κ3) is 5.61. The highest BCUT2D eigenvalue weighted by Crippen LogP contribution is 2.32. The van der Waals surface area contributed by atoms with Crippen LogP contribution in [0.25, 0.3) is 0 Å². The number of benzene rings is 1. The van der Waals surface area contributed by atoms with E-state index in [4.69, 9.17) is 9.16 Å². The first-order chi connectivity index (χ1) is 11.7. The Kier molecular flexibility index (Phi) is 7.19. The summed E-state index contributed by atoms with van der Waals surface area (Å²) in [6.07, 6.45) is -2.61. The van der Waals surface area contributed by atoms with Crippen LogP contribution in [0.1, 0.15) is 26.3 Å². The molecule has 0 amide bonds. The van der Waals surface area contributed by atoms with Crippen LogP contribution in [0.2, 0.25) is 13.1 Å². The van der Waals surface area contributed by atoms with Gasteiger partial charge in [0, 0.05) is 6.54 Å². The van der Waals surface area contributed by atoms with Crippen molar-refractivity contribution in [3.05, 3.63) is 35.9 Å². The van der Waals surface area contributed by atoms with Gasteiger partial charge in [-0.2, -0.15) is 0 Å². The van der Waals surface area contributed by atoms with Gasteiger partial charge in [-0.25, -0.2) is 0 Å². The van der Waals surface area contributed by atoms with Crippen LogP contribution in [0, 0.1) is 5.41 Å². The van der Waals surface area contributed by atoms with Crippen molar-refractivity contribution in [1.82, 2.24) is 5.32 Å². The van der Waals surface area contributed by atoms with E-state index in [0.29, 0.717) is 13.2 Å². The van der Waals surface area contributed by atoms with Crippen molar-refractivity contribution in [2.45, 2.75) is 70.9 Å². The van der Waals surface area contributed by atoms with Crippen molar-refractivity contribution in [3.63, 3.8) is 0 Å². The van der Waals surface area contributed by atoms with Gasteiger partial charge in [0.15, 0.2) is 9.04 Å². The molecule has 0 radical (unpaired) electrons. The van der Waals surface area contributed by atoms with Crippen LogP contribution in [-0.2, 0) is 15.7 Å². The van der Waals surface area contributed by atoms with E-state index in [9.17, 15) is 10.2 Å². The van der Waals surface area contributed by atoms with Crippen molar-refractivity contribution in [2.24, 2.45) is 5.41 Å². The summed E-state index contributed by atoms with van der Waals surface area (Å²) in [6.45, 7) is 11.4. The topological polar surface area (TPSA) is 71.0 Å². The molecule has 142 valence electrons. The Morgan fingerprint density at radius 2 is 1.84 bits per heavy atom. The van der Waals surface area contributed by atoms with Gasteiger partial charge in [-0.15, -0.1) is 0 Å². The molecule has 0 spiro atoms. The molecular formula is C19H33NO4Si. The standard InChI is InChI=1S/C19H33NO4Si/c1-19(2,3)18(24-25(4)5)17-16(22)15(21)14(12-23-17)20-11-13-9-7-6-8-10-13/h6-10,14-18,20-22,25H,11-12H2,1-5H3/t14-,15+,16+,17+,18?/m1/s1. The van der Waals surface area contributed by atoms with E-state index in [2.05, 4.69) is 39.2 Å². The zero-order valence-corrected chi connectivity index (χ0v) is 17.1. The summed E-state index contributed by atoms with van der Waals surface area (Å²) < 4.78 is 12.1. The number of hydrogen-bond acceptors (Lipinski definition) is 5. The van der Waals surface area contributed by atoms with Crippen LogP contribution in [0.3, 0.4) is 0 Å². The smallest absolute Gasteiger partial charge is 0.171 e. The molecule has 25 heavy (non-hydrogen) atoms. The second kappa shape index (κ2) is 8.75. The third-order valence-corrected chi connectivity index (χ3v) is 5.39. The fourth-order valence-corrected chi connectivity index (χ4v) is 4.35. The minimum absolute atomic E-state index is 0.174. The van der Waals surface area contributed by atoms with E-state index < -0.39 is 27.4 Å². The van der Waals surface area contributed by atoms with Crippen LogP contribution in [0.5, 0.6) is 0 Å². The van der Waals surface area contributed by atoms with Gasteiger partial charge in [0.05, 0.1) is 18.8 Å². The molecule has 1 fully saturated rings. The van der Waals surface area contributed by atoms with Crippen LogP contribution in [0.15, 0.2) is 30.3 Å². The minimum Gasteiger partial charge on any atom is -0.414 e. The SMILES string of the molecule is C[SiH](C)OC([C@H]1OC[C@@H](NCc2ccccc2)[C@H](O)[C@@H]1O)C(C)(C)C. The maximum atomic E-state index is 10.7. The molecule has 2 rings (SSSR count). The Labute approximate surface area is 153 Å². The normalized spacial score (nSPS) is 29.0. The molecule has 1 aliphatic rings. The highest BCUT2D eigenvalue weighted by molar-refractivity contribution is 6.48. The fourth-order valence-electron chi connectivity index (χ4n) is 3.20. The average molecular weight is 368 g/mol. The van der Waals surface area contributed by atoms with Crippen LogP contribution in [-0.4, -0.2) is 56.3 Å². The second-order valence-corrected chi connectivity index (χ2v) is 10.6. The van der Waals surface area contributed by atoms with Crippen molar-refractivity contribution in [2.75, 3.05) is 6.61 Å². The number of nitrogens with one attached hydrogen (secondary N) is 1. The van der Waals surface area contributed by atoms with Crippen molar-refractivity contribution < 1.29 is 19.4 Å². The summed E-state index contributed by atoms with van der Waals surface area (Å²) in [4.78, 5) is 0. The molecule has 1 aromatic rings. The summed E-state index contributed by atoms with van der Waals surface area (Å²) in [5, 5.41) is 24.6. The molecule has 1 saturated heterocycles. The first kappa shape index (κ1) is 20.5. The molecule has 3 N–H and O–H groups in total. The number of aliphatic hydroxyl groups excluding tert-OH is 2. The maximum absolute atomic E-state index is 10.7. The molecule has 0 bridgehead atoms. The van der Waals surface area contributed by atoms with Gasteiger partial charge in [0.2, 0.25) is 0 Å². The van der Waals surface area contributed by atoms with Crippen LogP contribution >= 0.6 is 0 Å². The van der Waals surface area contributed by atoms with E-state index in [1.165, 1.54) is 0 Å². The summed E-state index contributed by atoms with van der Waals surface area (Å²) >= 11 is 0. The van der Waals surface area contributed by atoms with Gasteiger partial charge in [0.1, 0.15) is 18.3 Å². The summed E-state index contributed by atoms with van der Waals surface area (Å²) in [5.74, 6) is 0. The van der Waals surface area contributed by atoms with Gasteiger partial charge in [-0.3, -0.25) is 0 Å². The number of aliphatic hydroxyl groups is 2. The monoisotopic (exact) mass is 367 g/mol. The predicted molar refractivity (Wildman–Crippen MR) is 102 cm³/mol. The summed E-state index contributed by atoms with van der Waals surface area (Å²) in [7, 11) is -1.31. The summed E-state index contributed by atoms with van der Waals surface area (Å²) in [6, 6.07) is 9.69. The molecule has 1 unspecified atom stereocenters. The number of rotatable bonds is 6. The molecule has 6 heteroatoms. The molecule has 0 aromatic heterocycles. The van der Waals surface area contributed by atoms with E-state index >= 15 is 0 Å². The van der Waals surface area contributed by atoms with Crippen LogP contribution in [0.4, 0.5) is 0 Å². The average Bonchev–Trinajstić information content (AvgIpc) is 2.54. The van der Waals surface area contributed by atoms with Gasteiger partial charge in [-0.05, 0) is 24.1 Å². The lowest BCUT2D eigenvalue weighted by Gasteiger charge is -2.45. The molecule has 0 aliphatic carbocycles. The van der Waals surface area contributed by atoms with Gasteiger partial charge >= 0.3 is 0 Å². The predicted octanol–water partition coefficient (Wildman–Crippen LogP) is 1.68. The first-order valence-corrected chi connectivity index (χ1v) is 11.9. The molecule has 1 aliphatic heterocycles. The molecule has 0 saturated carbocycles. The summed E-state index contributed by atoms with van der Waals surface area (Å²) in [5.41, 5.74) is 0.959. The zero-order valence-electron chi connectivity index (χ0n) is 16.0. The molecule has 5 nitrogen and oxygen atoms in total. The molecule has 5 atom stereocenters. The van der Waals surface area contributed by atoms with Gasteiger partial charge in [-0.1, -0.05) is 51.1 Å². The van der Waals surface area contributed by atoms with Gasteiger partial charge < -0.3 is 24.7 Å². The Hall–Kier alpha value is -0.763. The van der Waals surface area contributed by atoms with E-state index in [-0.39, 0.29) is 17.6 Å². The Balaban J connectivity index is 2.00. The number of ether oxygens (including phenoxy) is 1.